The number of H-pyrrole nitrogens is 1. The number of nitrogens with one attached hydrogen (secondary N) is 1. The number of carbonyl (C=O) groups is 3. The van der Waals surface area contributed by atoms with Gasteiger partial charge >= 0.3 is 5.97 Å². The normalized spacial score (nSPS) is 18.1. The Morgan fingerprint density at radius 3 is 2.94 bits per heavy atom. The lowest BCUT2D eigenvalue weighted by molar-refractivity contribution is -0.140. The summed E-state index contributed by atoms with van der Waals surface area (Å²) in [6.07, 6.45) is 4.43. The van der Waals surface area contributed by atoms with Crippen molar-refractivity contribution in [1.82, 2.24) is 14.9 Å². The van der Waals surface area contributed by atoms with Gasteiger partial charge in [0.1, 0.15) is 6.54 Å². The fourth-order valence-corrected chi connectivity index (χ4v) is 2.08. The monoisotopic (exact) mass is 253 g/mol. The minimum absolute atomic E-state index is 0.170. The van der Waals surface area contributed by atoms with Crippen molar-refractivity contribution < 1.29 is 19.5 Å². The number of aromatic amines is 1. The van der Waals surface area contributed by atoms with Gasteiger partial charge in [0.15, 0.2) is 0 Å². The third-order valence-electron chi connectivity index (χ3n) is 1.97. The highest BCUT2D eigenvalue weighted by atomic mass is 32.2. The van der Waals surface area contributed by atoms with Crippen LogP contribution in [-0.4, -0.2) is 43.6 Å². The molecule has 0 aliphatic carbocycles. The first kappa shape index (κ1) is 11.4. The standard InChI is InChI=1S/C9H7N3O4S/c13-7(14)3-12-8(15)6(17-9(12)16)1-5-2-10-4-11-5/h1-2,4H,3H2,(H,10,11)(H,13,14)/b6-1-. The van der Waals surface area contributed by atoms with E-state index in [1.807, 2.05) is 0 Å². The van der Waals surface area contributed by atoms with E-state index < -0.39 is 23.7 Å². The Kier molecular flexibility index (Phi) is 2.96. The van der Waals surface area contributed by atoms with Crippen LogP contribution in [0.2, 0.25) is 0 Å². The summed E-state index contributed by atoms with van der Waals surface area (Å²) in [5.41, 5.74) is 0.505. The number of hydrogen-bond donors (Lipinski definition) is 2. The number of aliphatic carboxylic acids is 1. The maximum absolute atomic E-state index is 11.7. The number of imide groups is 1. The molecular weight excluding hydrogens is 246 g/mol. The number of hydrogen-bond acceptors (Lipinski definition) is 5. The maximum atomic E-state index is 11.7. The third-order valence-corrected chi connectivity index (χ3v) is 2.87. The predicted octanol–water partition coefficient (Wildman–Crippen LogP) is 0.531. The minimum Gasteiger partial charge on any atom is -0.480 e. The second-order valence-corrected chi connectivity index (χ2v) is 4.15. The molecule has 2 N–H and O–H groups in total. The molecule has 2 rings (SSSR count). The average molecular weight is 253 g/mol. The van der Waals surface area contributed by atoms with Gasteiger partial charge in [-0.05, 0) is 17.8 Å². The van der Waals surface area contributed by atoms with E-state index in [0.717, 1.165) is 0 Å². The third kappa shape index (κ3) is 2.36. The molecule has 17 heavy (non-hydrogen) atoms. The van der Waals surface area contributed by atoms with E-state index in [9.17, 15) is 14.4 Å². The molecule has 8 heteroatoms. The maximum Gasteiger partial charge on any atom is 0.323 e. The molecular formula is C9H7N3O4S. The fraction of sp³-hybridized carbons (Fsp3) is 0.111. The second-order valence-electron chi connectivity index (χ2n) is 3.16. The molecule has 0 bridgehead atoms. The summed E-state index contributed by atoms with van der Waals surface area (Å²) in [6, 6.07) is 0. The number of rotatable bonds is 3. The Balaban J connectivity index is 2.21. The summed E-state index contributed by atoms with van der Waals surface area (Å²) in [5, 5.41) is 7.98. The molecule has 88 valence electrons. The predicted molar refractivity (Wildman–Crippen MR) is 58.9 cm³/mol. The molecule has 7 nitrogen and oxygen atoms in total. The number of nitrogens with zero attached hydrogens (tertiary/aromatic N) is 2. The van der Waals surface area contributed by atoms with Crippen molar-refractivity contribution >= 4 is 35.0 Å². The van der Waals surface area contributed by atoms with E-state index in [0.29, 0.717) is 22.4 Å². The Labute approximate surface area is 99.5 Å². The zero-order valence-electron chi connectivity index (χ0n) is 8.41. The number of imidazole rings is 1. The summed E-state index contributed by atoms with van der Waals surface area (Å²) in [4.78, 5) is 41.0. The molecule has 1 aliphatic heterocycles. The molecule has 1 aromatic rings. The van der Waals surface area contributed by atoms with Crippen molar-refractivity contribution in [2.24, 2.45) is 0 Å². The van der Waals surface area contributed by atoms with Crippen LogP contribution in [0.3, 0.4) is 0 Å². The van der Waals surface area contributed by atoms with Crippen molar-refractivity contribution in [3.63, 3.8) is 0 Å². The van der Waals surface area contributed by atoms with Crippen molar-refractivity contribution in [2.75, 3.05) is 6.54 Å². The molecule has 1 saturated heterocycles. The molecule has 0 atom stereocenters. The zero-order chi connectivity index (χ0) is 12.4. The van der Waals surface area contributed by atoms with Crippen LogP contribution in [0.25, 0.3) is 6.08 Å². The van der Waals surface area contributed by atoms with Crippen molar-refractivity contribution in [3.8, 4) is 0 Å². The summed E-state index contributed by atoms with van der Waals surface area (Å²) < 4.78 is 0. The van der Waals surface area contributed by atoms with E-state index >= 15 is 0 Å². The first-order valence-electron chi connectivity index (χ1n) is 4.54. The number of aromatic nitrogens is 2. The molecule has 2 amide bonds. The van der Waals surface area contributed by atoms with E-state index in [4.69, 9.17) is 5.11 Å². The first-order chi connectivity index (χ1) is 8.08. The smallest absolute Gasteiger partial charge is 0.323 e. The highest BCUT2D eigenvalue weighted by molar-refractivity contribution is 8.18. The van der Waals surface area contributed by atoms with Gasteiger partial charge in [0.25, 0.3) is 11.1 Å². The molecule has 2 heterocycles. The Hall–Kier alpha value is -2.09. The summed E-state index contributed by atoms with van der Waals surface area (Å²) in [5.74, 6) is -1.83. The fourth-order valence-electron chi connectivity index (χ4n) is 1.26. The van der Waals surface area contributed by atoms with Crippen LogP contribution >= 0.6 is 11.8 Å². The van der Waals surface area contributed by atoms with Crippen LogP contribution < -0.4 is 0 Å². The van der Waals surface area contributed by atoms with E-state index in [-0.39, 0.29) is 4.91 Å². The van der Waals surface area contributed by atoms with Crippen LogP contribution in [-0.2, 0) is 9.59 Å². The average Bonchev–Trinajstić information content (AvgIpc) is 2.83. The molecule has 1 fully saturated rings. The molecule has 0 spiro atoms. The van der Waals surface area contributed by atoms with Crippen LogP contribution in [0, 0.1) is 0 Å². The SMILES string of the molecule is O=C(O)CN1C(=O)S/C(=C\c2c[nH]cn2)C1=O. The van der Waals surface area contributed by atoms with Gasteiger partial charge in [-0.2, -0.15) is 0 Å². The van der Waals surface area contributed by atoms with Gasteiger partial charge in [-0.3, -0.25) is 19.3 Å². The minimum atomic E-state index is -1.23. The van der Waals surface area contributed by atoms with Crippen molar-refractivity contribution in [1.29, 1.82) is 0 Å². The summed E-state index contributed by atoms with van der Waals surface area (Å²) in [6.45, 7) is -0.622. The van der Waals surface area contributed by atoms with Crippen molar-refractivity contribution in [3.05, 3.63) is 23.1 Å². The molecule has 0 saturated carbocycles. The topological polar surface area (TPSA) is 103 Å². The molecule has 0 unspecified atom stereocenters. The van der Waals surface area contributed by atoms with E-state index in [2.05, 4.69) is 9.97 Å². The number of carbonyl (C=O) groups excluding carboxylic acids is 2. The Morgan fingerprint density at radius 2 is 2.35 bits per heavy atom. The zero-order valence-corrected chi connectivity index (χ0v) is 9.23. The van der Waals surface area contributed by atoms with E-state index in [1.54, 1.807) is 6.20 Å². The van der Waals surface area contributed by atoms with Gasteiger partial charge in [-0.1, -0.05) is 0 Å². The van der Waals surface area contributed by atoms with Crippen LogP contribution in [0.1, 0.15) is 5.69 Å². The number of carboxylic acid groups (broad SMARTS) is 1. The number of amides is 2. The largest absolute Gasteiger partial charge is 0.480 e. The molecule has 1 aromatic heterocycles. The number of carboxylic acids is 1. The molecule has 0 radical (unpaired) electrons. The van der Waals surface area contributed by atoms with Crippen LogP contribution in [0.5, 0.6) is 0 Å². The first-order valence-corrected chi connectivity index (χ1v) is 5.35. The molecule has 0 aromatic carbocycles. The lowest BCUT2D eigenvalue weighted by Gasteiger charge is -2.07. The van der Waals surface area contributed by atoms with Gasteiger partial charge < -0.3 is 10.1 Å². The van der Waals surface area contributed by atoms with E-state index in [1.165, 1.54) is 12.4 Å². The van der Waals surface area contributed by atoms with Gasteiger partial charge in [-0.25, -0.2) is 4.98 Å². The Morgan fingerprint density at radius 1 is 1.59 bits per heavy atom. The summed E-state index contributed by atoms with van der Waals surface area (Å²) >= 11 is 0.703. The van der Waals surface area contributed by atoms with Crippen molar-refractivity contribution in [2.45, 2.75) is 0 Å². The van der Waals surface area contributed by atoms with Crippen LogP contribution in [0.15, 0.2) is 17.4 Å². The van der Waals surface area contributed by atoms with Gasteiger partial charge in [0.05, 0.1) is 16.9 Å². The van der Waals surface area contributed by atoms with Gasteiger partial charge in [0, 0.05) is 6.20 Å². The number of thioether (sulfide) groups is 1. The highest BCUT2D eigenvalue weighted by Gasteiger charge is 2.36. The highest BCUT2D eigenvalue weighted by Crippen LogP contribution is 2.31. The quantitative estimate of drug-likeness (QED) is 0.761. The lowest BCUT2D eigenvalue weighted by atomic mass is 10.3. The van der Waals surface area contributed by atoms with Gasteiger partial charge in [-0.15, -0.1) is 0 Å². The molecule has 1 aliphatic rings. The second kappa shape index (κ2) is 4.42. The Bertz CT molecular complexity index is 508. The van der Waals surface area contributed by atoms with Gasteiger partial charge in [0.2, 0.25) is 0 Å². The summed E-state index contributed by atoms with van der Waals surface area (Å²) in [7, 11) is 0. The van der Waals surface area contributed by atoms with Crippen LogP contribution in [0.4, 0.5) is 4.79 Å². The lowest BCUT2D eigenvalue weighted by Crippen LogP contribution is -2.33.